The minimum atomic E-state index is -0.473. The fraction of sp³-hybridized carbons (Fsp3) is 0.200. The number of nitrogens with zero attached hydrogens (tertiary/aromatic N) is 4. The van der Waals surface area contributed by atoms with Crippen LogP contribution in [0.2, 0.25) is 5.02 Å². The van der Waals surface area contributed by atoms with E-state index in [9.17, 15) is 4.79 Å². The summed E-state index contributed by atoms with van der Waals surface area (Å²) in [5, 5.41) is 10.1. The van der Waals surface area contributed by atoms with Crippen LogP contribution in [0, 0.1) is 6.92 Å². The molecule has 1 atom stereocenters. The summed E-state index contributed by atoms with van der Waals surface area (Å²) in [5.41, 5.74) is 2.99. The molecular weight excluding hydrogens is 472 g/mol. The van der Waals surface area contributed by atoms with Gasteiger partial charge >= 0.3 is 5.97 Å². The van der Waals surface area contributed by atoms with Crippen LogP contribution in [0.1, 0.15) is 51.0 Å². The second-order valence-electron chi connectivity index (χ2n) is 7.79. The molecule has 4 aromatic rings. The van der Waals surface area contributed by atoms with Gasteiger partial charge in [0.15, 0.2) is 5.82 Å². The zero-order valence-electron chi connectivity index (χ0n) is 18.8. The molecule has 0 saturated heterocycles. The van der Waals surface area contributed by atoms with E-state index in [1.165, 1.54) is 11.3 Å². The minimum absolute atomic E-state index is 0.389. The molecule has 9 heteroatoms. The van der Waals surface area contributed by atoms with Crippen LogP contribution >= 0.6 is 22.9 Å². The largest absolute Gasteiger partial charge is 0.497 e. The van der Waals surface area contributed by atoms with Gasteiger partial charge in [0.25, 0.3) is 0 Å². The lowest BCUT2D eigenvalue weighted by atomic mass is 10.0. The molecule has 0 radical (unpaired) electrons. The summed E-state index contributed by atoms with van der Waals surface area (Å²) in [6.07, 6.45) is -0.473. The van der Waals surface area contributed by atoms with Crippen LogP contribution in [0.5, 0.6) is 5.75 Å². The molecule has 172 valence electrons. The van der Waals surface area contributed by atoms with Crippen LogP contribution in [-0.2, 0) is 11.3 Å². The summed E-state index contributed by atoms with van der Waals surface area (Å²) < 4.78 is 13.0. The van der Waals surface area contributed by atoms with Gasteiger partial charge in [-0.05, 0) is 50.2 Å². The quantitative estimate of drug-likeness (QED) is 0.340. The normalized spacial score (nSPS) is 13.4. The van der Waals surface area contributed by atoms with E-state index in [2.05, 4.69) is 10.2 Å². The lowest BCUT2D eigenvalue weighted by Gasteiger charge is -2.12. The maximum absolute atomic E-state index is 12.7. The zero-order valence-corrected chi connectivity index (χ0v) is 20.4. The van der Waals surface area contributed by atoms with Gasteiger partial charge < -0.3 is 9.47 Å². The number of thiophene rings is 1. The van der Waals surface area contributed by atoms with Crippen LogP contribution < -0.4 is 4.74 Å². The summed E-state index contributed by atoms with van der Waals surface area (Å²) in [6, 6.07) is 16.5. The van der Waals surface area contributed by atoms with Gasteiger partial charge in [-0.15, -0.1) is 21.5 Å². The number of aryl methyl sites for hydroxylation is 1. The van der Waals surface area contributed by atoms with Crippen LogP contribution in [0.25, 0.3) is 5.00 Å². The van der Waals surface area contributed by atoms with Gasteiger partial charge in [0, 0.05) is 21.0 Å². The Labute approximate surface area is 205 Å². The fourth-order valence-corrected chi connectivity index (χ4v) is 5.27. The predicted octanol–water partition coefficient (Wildman–Crippen LogP) is 5.57. The summed E-state index contributed by atoms with van der Waals surface area (Å²) in [7, 11) is 1.58. The van der Waals surface area contributed by atoms with E-state index in [0.717, 1.165) is 38.4 Å². The van der Waals surface area contributed by atoms with Crippen molar-refractivity contribution in [2.24, 2.45) is 4.99 Å². The number of aliphatic imine (C=N–C) groups is 1. The average Bonchev–Trinajstić information content (AvgIpc) is 3.40. The third kappa shape index (κ3) is 3.99. The highest BCUT2D eigenvalue weighted by molar-refractivity contribution is 7.15. The third-order valence-electron chi connectivity index (χ3n) is 5.60. The number of benzene rings is 2. The molecule has 3 heterocycles. The smallest absolute Gasteiger partial charge is 0.338 e. The third-order valence-corrected chi connectivity index (χ3v) is 7.21. The summed E-state index contributed by atoms with van der Waals surface area (Å²) in [6.45, 7) is 4.16. The van der Waals surface area contributed by atoms with Gasteiger partial charge in [-0.25, -0.2) is 4.79 Å². The number of carbonyl (C=O) groups is 1. The molecular formula is C25H21ClN4O3S. The first kappa shape index (κ1) is 22.3. The van der Waals surface area contributed by atoms with E-state index in [-0.39, 0.29) is 0 Å². The Morgan fingerprint density at radius 3 is 2.62 bits per heavy atom. The number of ether oxygens (including phenoxy) is 2. The fourth-order valence-electron chi connectivity index (χ4n) is 3.84. The number of hydrogen-bond acceptors (Lipinski definition) is 7. The Balaban J connectivity index is 1.52. The van der Waals surface area contributed by atoms with Gasteiger partial charge in [0.2, 0.25) is 0 Å². The van der Waals surface area contributed by atoms with E-state index >= 15 is 0 Å². The van der Waals surface area contributed by atoms with Crippen molar-refractivity contribution in [3.8, 4) is 10.8 Å². The van der Waals surface area contributed by atoms with E-state index in [1.54, 1.807) is 31.4 Å². The van der Waals surface area contributed by atoms with Crippen molar-refractivity contribution in [2.75, 3.05) is 7.11 Å². The molecule has 0 N–H and O–H groups in total. The Hall–Kier alpha value is -3.49. The molecule has 34 heavy (non-hydrogen) atoms. The summed E-state index contributed by atoms with van der Waals surface area (Å²) in [5.74, 6) is 1.79. The van der Waals surface area contributed by atoms with Crippen molar-refractivity contribution in [1.82, 2.24) is 14.8 Å². The first-order valence-corrected chi connectivity index (χ1v) is 11.9. The lowest BCUT2D eigenvalue weighted by molar-refractivity contribution is 0.0345. The number of aromatic nitrogens is 3. The summed E-state index contributed by atoms with van der Waals surface area (Å²) >= 11 is 8.06. The first-order valence-electron chi connectivity index (χ1n) is 10.7. The minimum Gasteiger partial charge on any atom is -0.497 e. The number of esters is 1. The van der Waals surface area contributed by atoms with Crippen LogP contribution in [0.15, 0.2) is 59.6 Å². The molecule has 5 rings (SSSR count). The molecule has 0 bridgehead atoms. The summed E-state index contributed by atoms with van der Waals surface area (Å²) in [4.78, 5) is 18.5. The monoisotopic (exact) mass is 492 g/mol. The second-order valence-corrected chi connectivity index (χ2v) is 9.26. The maximum Gasteiger partial charge on any atom is 0.338 e. The van der Waals surface area contributed by atoms with Crippen molar-refractivity contribution in [3.63, 3.8) is 0 Å². The molecule has 1 aliphatic heterocycles. The lowest BCUT2D eigenvalue weighted by Crippen LogP contribution is -2.08. The topological polar surface area (TPSA) is 78.6 Å². The molecule has 0 fully saturated rings. The van der Waals surface area contributed by atoms with Crippen molar-refractivity contribution >= 4 is 34.6 Å². The number of fused-ring (bicyclic) bond motifs is 3. The molecule has 2 aromatic carbocycles. The van der Waals surface area contributed by atoms with Crippen molar-refractivity contribution in [2.45, 2.75) is 26.5 Å². The van der Waals surface area contributed by atoms with Gasteiger partial charge in [0.05, 0.1) is 18.4 Å². The molecule has 0 amide bonds. The van der Waals surface area contributed by atoms with Gasteiger partial charge in [0.1, 0.15) is 29.2 Å². The maximum atomic E-state index is 12.7. The highest BCUT2D eigenvalue weighted by Gasteiger charge is 2.27. The SMILES string of the molecule is COc1ccc(C(=O)OC(C)c2cc3c(s2)-n2c(C)nnc2CN=C3c2ccccc2Cl)cc1. The average molecular weight is 493 g/mol. The Morgan fingerprint density at radius 2 is 1.88 bits per heavy atom. The molecule has 0 spiro atoms. The van der Waals surface area contributed by atoms with E-state index in [0.29, 0.717) is 22.9 Å². The van der Waals surface area contributed by atoms with Gasteiger partial charge in [-0.2, -0.15) is 0 Å². The van der Waals surface area contributed by atoms with Crippen molar-refractivity contribution in [1.29, 1.82) is 0 Å². The number of rotatable bonds is 5. The Kier molecular flexibility index (Phi) is 5.93. The second kappa shape index (κ2) is 9.04. The molecule has 1 unspecified atom stereocenters. The van der Waals surface area contributed by atoms with Gasteiger partial charge in [-0.3, -0.25) is 9.56 Å². The van der Waals surface area contributed by atoms with E-state index in [4.69, 9.17) is 26.1 Å². The Bertz CT molecular complexity index is 1410. The number of halogens is 1. The number of hydrogen-bond donors (Lipinski definition) is 0. The zero-order chi connectivity index (χ0) is 23.8. The first-order chi connectivity index (χ1) is 16.5. The molecule has 0 aliphatic carbocycles. The van der Waals surface area contributed by atoms with E-state index in [1.807, 2.05) is 48.7 Å². The predicted molar refractivity (Wildman–Crippen MR) is 132 cm³/mol. The molecule has 0 saturated carbocycles. The molecule has 1 aliphatic rings. The van der Waals surface area contributed by atoms with Gasteiger partial charge in [-0.1, -0.05) is 29.8 Å². The number of methoxy groups -OCH3 is 1. The van der Waals surface area contributed by atoms with E-state index < -0.39 is 12.1 Å². The van der Waals surface area contributed by atoms with Crippen LogP contribution in [0.3, 0.4) is 0 Å². The highest BCUT2D eigenvalue weighted by Crippen LogP contribution is 2.37. The molecule has 2 aromatic heterocycles. The van der Waals surface area contributed by atoms with Crippen LogP contribution in [-0.4, -0.2) is 33.6 Å². The van der Waals surface area contributed by atoms with Crippen molar-refractivity contribution in [3.05, 3.63) is 92.8 Å². The van der Waals surface area contributed by atoms with Crippen LogP contribution in [0.4, 0.5) is 0 Å². The highest BCUT2D eigenvalue weighted by atomic mass is 35.5. The Morgan fingerprint density at radius 1 is 1.12 bits per heavy atom. The standard InChI is InChI=1S/C25H21ClN4O3S/c1-14(33-25(31)16-8-10-17(32-3)11-9-16)21-12-19-23(18-6-4-5-7-20(18)26)27-13-22-29-28-15(2)30(22)24(19)34-21/h4-12,14H,13H2,1-3H3. The van der Waals surface area contributed by atoms with Crippen molar-refractivity contribution < 1.29 is 14.3 Å². The number of carbonyl (C=O) groups excluding carboxylic acids is 1. The molecule has 7 nitrogen and oxygen atoms in total.